The lowest BCUT2D eigenvalue weighted by Crippen LogP contribution is -2.35. The molecule has 0 aliphatic carbocycles. The second-order valence-corrected chi connectivity index (χ2v) is 10.0. The summed E-state index contributed by atoms with van der Waals surface area (Å²) in [6, 6.07) is 17.7. The second kappa shape index (κ2) is 7.85. The Balaban J connectivity index is 1.64. The van der Waals surface area contributed by atoms with E-state index in [-0.39, 0.29) is 16.8 Å². The third kappa shape index (κ3) is 3.83. The fourth-order valence-electron chi connectivity index (χ4n) is 4.02. The van der Waals surface area contributed by atoms with E-state index < -0.39 is 10.0 Å². The number of nitrogens with zero attached hydrogens (tertiary/aromatic N) is 1. The quantitative estimate of drug-likeness (QED) is 0.628. The monoisotopic (exact) mass is 434 g/mol. The summed E-state index contributed by atoms with van der Waals surface area (Å²) in [7, 11) is -3.68. The summed E-state index contributed by atoms with van der Waals surface area (Å²) in [5, 5.41) is 2.97. The number of hydrogen-bond donors (Lipinski definition) is 1. The maximum atomic E-state index is 13.3. The molecular formula is C25H26N2O3S. The van der Waals surface area contributed by atoms with E-state index in [1.165, 1.54) is 4.31 Å². The number of fused-ring (bicyclic) bond motifs is 1. The zero-order valence-electron chi connectivity index (χ0n) is 18.1. The first-order chi connectivity index (χ1) is 14.7. The summed E-state index contributed by atoms with van der Waals surface area (Å²) >= 11 is 0. The summed E-state index contributed by atoms with van der Waals surface area (Å²) in [5.41, 5.74) is 5.93. The van der Waals surface area contributed by atoms with Gasteiger partial charge < -0.3 is 5.32 Å². The number of amides is 1. The fourth-order valence-corrected chi connectivity index (χ4v) is 5.71. The van der Waals surface area contributed by atoms with Crippen LogP contribution in [0, 0.1) is 20.8 Å². The number of aryl methyl sites for hydroxylation is 2. The van der Waals surface area contributed by atoms with E-state index in [9.17, 15) is 13.2 Å². The molecule has 3 aromatic rings. The molecule has 3 aromatic carbocycles. The molecule has 31 heavy (non-hydrogen) atoms. The fraction of sp³-hybridized carbons (Fsp3) is 0.240. The van der Waals surface area contributed by atoms with Crippen LogP contribution in [0.1, 0.15) is 39.5 Å². The van der Waals surface area contributed by atoms with Crippen molar-refractivity contribution >= 4 is 27.3 Å². The molecule has 1 amide bonds. The Morgan fingerprint density at radius 2 is 1.71 bits per heavy atom. The van der Waals surface area contributed by atoms with Crippen LogP contribution < -0.4 is 9.62 Å². The van der Waals surface area contributed by atoms with E-state index >= 15 is 0 Å². The molecule has 1 heterocycles. The van der Waals surface area contributed by atoms with Crippen molar-refractivity contribution in [1.29, 1.82) is 0 Å². The van der Waals surface area contributed by atoms with Gasteiger partial charge in [0.2, 0.25) is 0 Å². The molecule has 0 saturated carbocycles. The van der Waals surface area contributed by atoms with Crippen LogP contribution in [-0.2, 0) is 16.4 Å². The van der Waals surface area contributed by atoms with Crippen LogP contribution in [-0.4, -0.2) is 20.4 Å². The SMILES string of the molecule is Cc1ccc(S(=O)(=O)N2c3ccc(C(=O)Nc4cccc(C)c4C)cc3C[C@H]2C)cc1. The van der Waals surface area contributed by atoms with Gasteiger partial charge in [-0.05, 0) is 87.2 Å². The summed E-state index contributed by atoms with van der Waals surface area (Å²) in [5.74, 6) is -0.205. The minimum Gasteiger partial charge on any atom is -0.322 e. The highest BCUT2D eigenvalue weighted by atomic mass is 32.2. The minimum absolute atomic E-state index is 0.205. The molecule has 1 N–H and O–H groups in total. The first-order valence-electron chi connectivity index (χ1n) is 10.3. The van der Waals surface area contributed by atoms with Crippen molar-refractivity contribution in [3.05, 3.63) is 88.5 Å². The zero-order chi connectivity index (χ0) is 22.3. The summed E-state index contributed by atoms with van der Waals surface area (Å²) in [6.07, 6.45) is 0.561. The van der Waals surface area contributed by atoms with E-state index in [2.05, 4.69) is 5.32 Å². The van der Waals surface area contributed by atoms with Crippen LogP contribution in [0.5, 0.6) is 0 Å². The van der Waals surface area contributed by atoms with Crippen molar-refractivity contribution in [2.75, 3.05) is 9.62 Å². The van der Waals surface area contributed by atoms with Crippen LogP contribution in [0.4, 0.5) is 11.4 Å². The maximum absolute atomic E-state index is 13.3. The van der Waals surface area contributed by atoms with E-state index in [0.29, 0.717) is 17.7 Å². The molecule has 0 bridgehead atoms. The summed E-state index contributed by atoms with van der Waals surface area (Å²) in [4.78, 5) is 13.1. The van der Waals surface area contributed by atoms with Crippen molar-refractivity contribution in [1.82, 2.24) is 0 Å². The van der Waals surface area contributed by atoms with Crippen molar-refractivity contribution in [3.63, 3.8) is 0 Å². The van der Waals surface area contributed by atoms with E-state index in [1.54, 1.807) is 42.5 Å². The molecular weight excluding hydrogens is 408 g/mol. The van der Waals surface area contributed by atoms with Crippen LogP contribution in [0.15, 0.2) is 65.6 Å². The molecule has 0 radical (unpaired) electrons. The first-order valence-corrected chi connectivity index (χ1v) is 11.7. The van der Waals surface area contributed by atoms with E-state index in [0.717, 1.165) is 27.9 Å². The first kappa shape index (κ1) is 21.1. The van der Waals surface area contributed by atoms with Crippen LogP contribution in [0.3, 0.4) is 0 Å². The van der Waals surface area contributed by atoms with E-state index in [4.69, 9.17) is 0 Å². The largest absolute Gasteiger partial charge is 0.322 e. The number of carbonyl (C=O) groups excluding carboxylic acids is 1. The van der Waals surface area contributed by atoms with Crippen LogP contribution in [0.2, 0.25) is 0 Å². The van der Waals surface area contributed by atoms with Gasteiger partial charge in [-0.15, -0.1) is 0 Å². The van der Waals surface area contributed by atoms with Gasteiger partial charge in [0, 0.05) is 17.3 Å². The van der Waals surface area contributed by atoms with E-state index in [1.807, 2.05) is 45.9 Å². The van der Waals surface area contributed by atoms with Crippen LogP contribution in [0.25, 0.3) is 0 Å². The number of anilines is 2. The lowest BCUT2D eigenvalue weighted by molar-refractivity contribution is 0.102. The highest BCUT2D eigenvalue weighted by molar-refractivity contribution is 7.92. The van der Waals surface area contributed by atoms with Crippen molar-refractivity contribution < 1.29 is 13.2 Å². The van der Waals surface area contributed by atoms with Gasteiger partial charge in [0.1, 0.15) is 0 Å². The average molecular weight is 435 g/mol. The lowest BCUT2D eigenvalue weighted by atomic mass is 10.1. The van der Waals surface area contributed by atoms with Crippen molar-refractivity contribution in [3.8, 4) is 0 Å². The van der Waals surface area contributed by atoms with Gasteiger partial charge in [-0.25, -0.2) is 8.42 Å². The van der Waals surface area contributed by atoms with Gasteiger partial charge in [0.15, 0.2) is 0 Å². The Bertz CT molecular complexity index is 1260. The van der Waals surface area contributed by atoms with Gasteiger partial charge in [-0.3, -0.25) is 9.10 Å². The molecule has 6 heteroatoms. The number of carbonyl (C=O) groups is 1. The highest BCUT2D eigenvalue weighted by Crippen LogP contribution is 2.37. The van der Waals surface area contributed by atoms with Crippen LogP contribution >= 0.6 is 0 Å². The van der Waals surface area contributed by atoms with Gasteiger partial charge in [0.05, 0.1) is 10.6 Å². The second-order valence-electron chi connectivity index (χ2n) is 8.21. The molecule has 5 nitrogen and oxygen atoms in total. The van der Waals surface area contributed by atoms with Gasteiger partial charge in [0.25, 0.3) is 15.9 Å². The summed E-state index contributed by atoms with van der Waals surface area (Å²) in [6.45, 7) is 7.80. The Morgan fingerprint density at radius 1 is 1.00 bits per heavy atom. The summed E-state index contributed by atoms with van der Waals surface area (Å²) < 4.78 is 28.1. The van der Waals surface area contributed by atoms with Crippen molar-refractivity contribution in [2.45, 2.75) is 45.1 Å². The van der Waals surface area contributed by atoms with Gasteiger partial charge in [-0.1, -0.05) is 29.8 Å². The molecule has 1 aliphatic rings. The number of sulfonamides is 1. The molecule has 1 atom stereocenters. The number of rotatable bonds is 4. The third-order valence-electron chi connectivity index (χ3n) is 5.93. The standard InChI is InChI=1S/C25H26N2O3S/c1-16-8-11-22(12-9-16)31(29,30)27-18(3)14-21-15-20(10-13-24(21)27)25(28)26-23-7-5-6-17(2)19(23)4/h5-13,15,18H,14H2,1-4H3,(H,26,28)/t18-/m1/s1. The third-order valence-corrected chi connectivity index (χ3v) is 7.87. The van der Waals surface area contributed by atoms with Gasteiger partial charge >= 0.3 is 0 Å². The Hall–Kier alpha value is -3.12. The molecule has 0 spiro atoms. The molecule has 1 aliphatic heterocycles. The normalized spacial score (nSPS) is 15.6. The molecule has 0 fully saturated rings. The number of nitrogens with one attached hydrogen (secondary N) is 1. The maximum Gasteiger partial charge on any atom is 0.264 e. The average Bonchev–Trinajstić information content (AvgIpc) is 3.07. The molecule has 160 valence electrons. The lowest BCUT2D eigenvalue weighted by Gasteiger charge is -2.24. The predicted molar refractivity (Wildman–Crippen MR) is 124 cm³/mol. The predicted octanol–water partition coefficient (Wildman–Crippen LogP) is 5.00. The Labute approximate surface area is 183 Å². The Kier molecular flexibility index (Phi) is 5.35. The highest BCUT2D eigenvalue weighted by Gasteiger charge is 2.36. The topological polar surface area (TPSA) is 66.5 Å². The molecule has 4 rings (SSSR count). The number of benzene rings is 3. The molecule has 0 unspecified atom stereocenters. The zero-order valence-corrected chi connectivity index (χ0v) is 19.0. The van der Waals surface area contributed by atoms with Gasteiger partial charge in [-0.2, -0.15) is 0 Å². The smallest absolute Gasteiger partial charge is 0.264 e. The Morgan fingerprint density at radius 3 is 2.42 bits per heavy atom. The number of hydrogen-bond acceptors (Lipinski definition) is 3. The minimum atomic E-state index is -3.68. The molecule has 0 aromatic heterocycles. The van der Waals surface area contributed by atoms with Crippen molar-refractivity contribution in [2.24, 2.45) is 0 Å². The molecule has 0 saturated heterocycles.